The van der Waals surface area contributed by atoms with E-state index in [4.69, 9.17) is 9.84 Å². The number of aliphatic carboxylic acids is 1. The second-order valence-electron chi connectivity index (χ2n) is 9.80. The van der Waals surface area contributed by atoms with Crippen LogP contribution < -0.4 is 0 Å². The molecular formula is C24H48NO4+. The van der Waals surface area contributed by atoms with Crippen molar-refractivity contribution >= 4 is 11.9 Å². The van der Waals surface area contributed by atoms with E-state index in [1.165, 1.54) is 57.8 Å². The molecular weight excluding hydrogens is 366 g/mol. The Morgan fingerprint density at radius 1 is 0.862 bits per heavy atom. The predicted molar refractivity (Wildman–Crippen MR) is 120 cm³/mol. The van der Waals surface area contributed by atoms with Crippen molar-refractivity contribution in [3.05, 3.63) is 0 Å². The van der Waals surface area contributed by atoms with Gasteiger partial charge in [0.25, 0.3) is 0 Å². The Bertz CT molecular complexity index is 431. The lowest BCUT2D eigenvalue weighted by molar-refractivity contribution is -0.873. The van der Waals surface area contributed by atoms with Gasteiger partial charge in [-0.1, -0.05) is 84.5 Å². The first-order valence-electron chi connectivity index (χ1n) is 11.9. The molecule has 5 heteroatoms. The number of carbonyl (C=O) groups is 2. The monoisotopic (exact) mass is 414 g/mol. The van der Waals surface area contributed by atoms with E-state index in [0.29, 0.717) is 17.4 Å². The molecule has 0 aromatic carbocycles. The first kappa shape index (κ1) is 27.9. The number of carboxylic acids is 1. The third kappa shape index (κ3) is 20.0. The fourth-order valence-electron chi connectivity index (χ4n) is 3.73. The summed E-state index contributed by atoms with van der Waals surface area (Å²) in [7, 11) is 5.91. The highest BCUT2D eigenvalue weighted by molar-refractivity contribution is 5.71. The normalized spacial score (nSPS) is 13.8. The first-order valence-corrected chi connectivity index (χ1v) is 11.9. The zero-order chi connectivity index (χ0) is 22.1. The van der Waals surface area contributed by atoms with Gasteiger partial charge in [-0.15, -0.1) is 0 Å². The molecule has 1 N–H and O–H groups in total. The maximum absolute atomic E-state index is 12.1. The first-order chi connectivity index (χ1) is 13.6. The van der Waals surface area contributed by atoms with Crippen LogP contribution in [0.3, 0.4) is 0 Å². The molecule has 2 atom stereocenters. The Balaban J connectivity index is 3.78. The Hall–Kier alpha value is -1.10. The standard InChI is InChI=1S/C24H47NO4/c1-6-7-8-9-10-11-13-16-21(2)17-14-12-15-18-24(28)29-22(19-23(26)27)20-25(3,4)5/h21-22H,6-20H2,1-5H3/p+1. The molecule has 5 nitrogen and oxygen atoms in total. The van der Waals surface area contributed by atoms with E-state index < -0.39 is 12.1 Å². The summed E-state index contributed by atoms with van der Waals surface area (Å²) in [6, 6.07) is 0. The highest BCUT2D eigenvalue weighted by atomic mass is 16.5. The van der Waals surface area contributed by atoms with Gasteiger partial charge in [0.05, 0.1) is 27.6 Å². The maximum Gasteiger partial charge on any atom is 0.307 e. The summed E-state index contributed by atoms with van der Waals surface area (Å²) in [5.41, 5.74) is 0. The average Bonchev–Trinajstić information content (AvgIpc) is 2.58. The fourth-order valence-corrected chi connectivity index (χ4v) is 3.73. The van der Waals surface area contributed by atoms with Gasteiger partial charge in [-0.05, 0) is 12.3 Å². The SMILES string of the molecule is CCCCCCCCCC(C)CCCCCC(=O)OC(CC(=O)O)C[N+](C)(C)C. The van der Waals surface area contributed by atoms with Crippen LogP contribution in [0.5, 0.6) is 0 Å². The lowest BCUT2D eigenvalue weighted by Crippen LogP contribution is -2.43. The number of likely N-dealkylation sites (N-methyl/N-ethyl adjacent to an activating group) is 1. The van der Waals surface area contributed by atoms with Crippen LogP contribution >= 0.6 is 0 Å². The van der Waals surface area contributed by atoms with Crippen LogP contribution in [0.1, 0.15) is 104 Å². The lowest BCUT2D eigenvalue weighted by atomic mass is 9.96. The quantitative estimate of drug-likeness (QED) is 0.165. The Labute approximate surface area is 179 Å². The number of hydrogen-bond acceptors (Lipinski definition) is 3. The van der Waals surface area contributed by atoms with Crippen molar-refractivity contribution in [1.29, 1.82) is 0 Å². The van der Waals surface area contributed by atoms with Gasteiger partial charge in [-0.2, -0.15) is 0 Å². The van der Waals surface area contributed by atoms with Crippen molar-refractivity contribution in [2.75, 3.05) is 27.7 Å². The molecule has 0 radical (unpaired) electrons. The predicted octanol–water partition coefficient (Wildman–Crippen LogP) is 5.81. The van der Waals surface area contributed by atoms with E-state index in [0.717, 1.165) is 25.2 Å². The molecule has 0 aliphatic carbocycles. The minimum Gasteiger partial charge on any atom is -0.481 e. The number of ether oxygens (including phenoxy) is 1. The molecule has 0 rings (SSSR count). The number of rotatable bonds is 19. The second kappa shape index (κ2) is 16.7. The molecule has 0 aromatic heterocycles. The highest BCUT2D eigenvalue weighted by Gasteiger charge is 2.24. The average molecular weight is 415 g/mol. The molecule has 0 aliphatic heterocycles. The summed E-state index contributed by atoms with van der Waals surface area (Å²) in [6.45, 7) is 5.11. The summed E-state index contributed by atoms with van der Waals surface area (Å²) in [6.07, 6.45) is 14.8. The molecule has 0 saturated carbocycles. The van der Waals surface area contributed by atoms with Gasteiger partial charge in [-0.3, -0.25) is 9.59 Å². The van der Waals surface area contributed by atoms with E-state index in [1.54, 1.807) is 0 Å². The van der Waals surface area contributed by atoms with Crippen LogP contribution in [0.2, 0.25) is 0 Å². The van der Waals surface area contributed by atoms with Crippen molar-refractivity contribution in [2.45, 2.75) is 110 Å². The smallest absolute Gasteiger partial charge is 0.307 e. The third-order valence-corrected chi connectivity index (χ3v) is 5.33. The van der Waals surface area contributed by atoms with Crippen LogP contribution in [0, 0.1) is 5.92 Å². The summed E-state index contributed by atoms with van der Waals surface area (Å²) >= 11 is 0. The number of carboxylic acid groups (broad SMARTS) is 1. The van der Waals surface area contributed by atoms with Crippen molar-refractivity contribution in [3.8, 4) is 0 Å². The number of hydrogen-bond donors (Lipinski definition) is 1. The molecule has 0 bridgehead atoms. The minimum absolute atomic E-state index is 0.128. The third-order valence-electron chi connectivity index (χ3n) is 5.33. The number of unbranched alkanes of at least 4 members (excludes halogenated alkanes) is 8. The Morgan fingerprint density at radius 3 is 1.90 bits per heavy atom. The van der Waals surface area contributed by atoms with E-state index in [2.05, 4.69) is 13.8 Å². The minimum atomic E-state index is -0.925. The maximum atomic E-state index is 12.1. The van der Waals surface area contributed by atoms with E-state index in [-0.39, 0.29) is 12.4 Å². The lowest BCUT2D eigenvalue weighted by Gasteiger charge is -2.28. The molecule has 0 aromatic rings. The van der Waals surface area contributed by atoms with Gasteiger partial charge in [0, 0.05) is 6.42 Å². The number of carbonyl (C=O) groups excluding carboxylic acids is 1. The van der Waals surface area contributed by atoms with E-state index >= 15 is 0 Å². The van der Waals surface area contributed by atoms with E-state index in [9.17, 15) is 9.59 Å². The largest absolute Gasteiger partial charge is 0.481 e. The molecule has 0 fully saturated rings. The van der Waals surface area contributed by atoms with Crippen molar-refractivity contribution in [3.63, 3.8) is 0 Å². The van der Waals surface area contributed by atoms with Crippen molar-refractivity contribution in [1.82, 2.24) is 0 Å². The summed E-state index contributed by atoms with van der Waals surface area (Å²) in [5.74, 6) is -0.422. The summed E-state index contributed by atoms with van der Waals surface area (Å²) in [5, 5.41) is 9.02. The van der Waals surface area contributed by atoms with Gasteiger partial charge in [0.1, 0.15) is 6.54 Å². The zero-order valence-corrected chi connectivity index (χ0v) is 19.9. The van der Waals surface area contributed by atoms with Gasteiger partial charge < -0.3 is 14.3 Å². The molecule has 0 spiro atoms. The number of quaternary nitrogens is 1. The van der Waals surface area contributed by atoms with Crippen LogP contribution in [0.15, 0.2) is 0 Å². The molecule has 0 heterocycles. The Kier molecular flexibility index (Phi) is 16.0. The van der Waals surface area contributed by atoms with Gasteiger partial charge in [-0.25, -0.2) is 0 Å². The van der Waals surface area contributed by atoms with Gasteiger partial charge in [0.2, 0.25) is 0 Å². The topological polar surface area (TPSA) is 63.6 Å². The summed E-state index contributed by atoms with van der Waals surface area (Å²) < 4.78 is 6.00. The van der Waals surface area contributed by atoms with E-state index in [1.807, 2.05) is 21.1 Å². The Morgan fingerprint density at radius 2 is 1.38 bits per heavy atom. The van der Waals surface area contributed by atoms with Crippen LogP contribution in [0.4, 0.5) is 0 Å². The molecule has 29 heavy (non-hydrogen) atoms. The van der Waals surface area contributed by atoms with Crippen LogP contribution in [-0.4, -0.2) is 55.3 Å². The fraction of sp³-hybridized carbons (Fsp3) is 0.917. The van der Waals surface area contributed by atoms with Crippen molar-refractivity contribution in [2.24, 2.45) is 5.92 Å². The molecule has 2 unspecified atom stereocenters. The van der Waals surface area contributed by atoms with Crippen LogP contribution in [0.25, 0.3) is 0 Å². The van der Waals surface area contributed by atoms with Gasteiger partial charge in [0.15, 0.2) is 6.10 Å². The number of esters is 1. The molecule has 0 aliphatic rings. The number of nitrogens with zero attached hydrogens (tertiary/aromatic N) is 1. The molecule has 172 valence electrons. The highest BCUT2D eigenvalue weighted by Crippen LogP contribution is 2.18. The van der Waals surface area contributed by atoms with Crippen LogP contribution in [-0.2, 0) is 14.3 Å². The molecule has 0 amide bonds. The molecule has 0 saturated heterocycles. The summed E-state index contributed by atoms with van der Waals surface area (Å²) in [4.78, 5) is 23.1. The van der Waals surface area contributed by atoms with Crippen molar-refractivity contribution < 1.29 is 23.9 Å². The zero-order valence-electron chi connectivity index (χ0n) is 19.9. The van der Waals surface area contributed by atoms with Gasteiger partial charge >= 0.3 is 11.9 Å². The second-order valence-corrected chi connectivity index (χ2v) is 9.80.